The van der Waals surface area contributed by atoms with Gasteiger partial charge in [0.25, 0.3) is 0 Å². The van der Waals surface area contributed by atoms with Gasteiger partial charge in [-0.15, -0.1) is 0 Å². The fourth-order valence-electron chi connectivity index (χ4n) is 2.41. The lowest BCUT2D eigenvalue weighted by Crippen LogP contribution is -2.39. The van der Waals surface area contributed by atoms with E-state index in [0.717, 1.165) is 30.5 Å². The van der Waals surface area contributed by atoms with Gasteiger partial charge in [-0.1, -0.05) is 0 Å². The van der Waals surface area contributed by atoms with Gasteiger partial charge < -0.3 is 15.5 Å². The van der Waals surface area contributed by atoms with E-state index in [1.165, 1.54) is 19.4 Å². The van der Waals surface area contributed by atoms with Crippen LogP contribution in [0.2, 0.25) is 0 Å². The van der Waals surface area contributed by atoms with E-state index in [-0.39, 0.29) is 0 Å². The maximum Gasteiger partial charge on any atom is 0.132 e. The van der Waals surface area contributed by atoms with Crippen molar-refractivity contribution in [2.45, 2.75) is 32.7 Å². The summed E-state index contributed by atoms with van der Waals surface area (Å²) in [6.07, 6.45) is 2.46. The number of aryl methyl sites for hydroxylation is 1. The zero-order valence-corrected chi connectivity index (χ0v) is 11.5. The van der Waals surface area contributed by atoms with Crippen LogP contribution in [0.4, 0.5) is 11.6 Å². The molecule has 18 heavy (non-hydrogen) atoms. The zero-order valence-electron chi connectivity index (χ0n) is 11.5. The number of rotatable bonds is 4. The van der Waals surface area contributed by atoms with Crippen LogP contribution in [0, 0.1) is 6.92 Å². The van der Waals surface area contributed by atoms with Crippen LogP contribution in [0.25, 0.3) is 0 Å². The second-order valence-corrected chi connectivity index (χ2v) is 4.96. The second-order valence-electron chi connectivity index (χ2n) is 4.96. The molecule has 1 aliphatic rings. The number of anilines is 2. The van der Waals surface area contributed by atoms with Crippen LogP contribution in [-0.4, -0.2) is 47.6 Å². The maximum atomic E-state index is 4.45. The van der Waals surface area contributed by atoms with Gasteiger partial charge in [0, 0.05) is 25.2 Å². The van der Waals surface area contributed by atoms with Crippen molar-refractivity contribution in [3.05, 3.63) is 11.9 Å². The largest absolute Gasteiger partial charge is 0.370 e. The fraction of sp³-hybridized carbons (Fsp3) is 0.692. The average molecular weight is 249 g/mol. The van der Waals surface area contributed by atoms with Gasteiger partial charge in [0.1, 0.15) is 17.5 Å². The van der Waals surface area contributed by atoms with Crippen molar-refractivity contribution in [2.24, 2.45) is 0 Å². The number of hydrogen-bond donors (Lipinski definition) is 2. The van der Waals surface area contributed by atoms with Crippen LogP contribution in [-0.2, 0) is 0 Å². The Morgan fingerprint density at radius 1 is 1.39 bits per heavy atom. The molecule has 0 saturated carbocycles. The first kappa shape index (κ1) is 13.1. The van der Waals surface area contributed by atoms with Crippen molar-refractivity contribution in [1.82, 2.24) is 14.9 Å². The molecule has 0 aromatic carbocycles. The number of piperidine rings is 1. The summed E-state index contributed by atoms with van der Waals surface area (Å²) in [5, 5.41) is 6.75. The molecule has 1 aromatic rings. The summed E-state index contributed by atoms with van der Waals surface area (Å²) in [7, 11) is 2.17. The standard InChI is InChI=1S/C13H23N5/c1-4-14-12-8-13(16-10(2)15-12)17-11-6-5-7-18(3)9-11/h8,11H,4-7,9H2,1-3H3,(H2,14,15,16,17). The lowest BCUT2D eigenvalue weighted by molar-refractivity contribution is 0.260. The van der Waals surface area contributed by atoms with Gasteiger partial charge in [-0.2, -0.15) is 0 Å². The Bertz CT molecular complexity index is 393. The summed E-state index contributed by atoms with van der Waals surface area (Å²) in [6, 6.07) is 2.48. The highest BCUT2D eigenvalue weighted by molar-refractivity contribution is 5.48. The molecule has 1 fully saturated rings. The first-order chi connectivity index (χ1) is 8.67. The minimum atomic E-state index is 0.493. The Labute approximate surface area is 109 Å². The summed E-state index contributed by atoms with van der Waals surface area (Å²) in [5.41, 5.74) is 0. The molecular formula is C13H23N5. The van der Waals surface area contributed by atoms with Crippen LogP contribution in [0.15, 0.2) is 6.07 Å². The van der Waals surface area contributed by atoms with Gasteiger partial charge in [0.2, 0.25) is 0 Å². The molecule has 2 N–H and O–H groups in total. The van der Waals surface area contributed by atoms with Crippen LogP contribution in [0.3, 0.4) is 0 Å². The molecule has 1 atom stereocenters. The topological polar surface area (TPSA) is 53.1 Å². The van der Waals surface area contributed by atoms with Crippen molar-refractivity contribution >= 4 is 11.6 Å². The first-order valence-corrected chi connectivity index (χ1v) is 6.72. The number of nitrogens with one attached hydrogen (secondary N) is 2. The van der Waals surface area contributed by atoms with E-state index in [2.05, 4.69) is 39.5 Å². The summed E-state index contributed by atoms with van der Waals surface area (Å²) in [6.45, 7) is 7.16. The molecule has 1 aromatic heterocycles. The molecule has 2 rings (SSSR count). The molecule has 0 radical (unpaired) electrons. The van der Waals surface area contributed by atoms with Gasteiger partial charge in [-0.3, -0.25) is 0 Å². The molecule has 5 nitrogen and oxygen atoms in total. The molecule has 0 bridgehead atoms. The van der Waals surface area contributed by atoms with Crippen LogP contribution in [0.1, 0.15) is 25.6 Å². The predicted octanol–water partition coefficient (Wildman–Crippen LogP) is 1.72. The number of likely N-dealkylation sites (N-methyl/N-ethyl adjacent to an activating group) is 1. The molecule has 2 heterocycles. The van der Waals surface area contributed by atoms with Crippen LogP contribution < -0.4 is 10.6 Å². The van der Waals surface area contributed by atoms with E-state index in [4.69, 9.17) is 0 Å². The second kappa shape index (κ2) is 6.00. The van der Waals surface area contributed by atoms with Crippen LogP contribution >= 0.6 is 0 Å². The van der Waals surface area contributed by atoms with Crippen LogP contribution in [0.5, 0.6) is 0 Å². The molecular weight excluding hydrogens is 226 g/mol. The highest BCUT2D eigenvalue weighted by Crippen LogP contribution is 2.16. The van der Waals surface area contributed by atoms with Gasteiger partial charge in [0.15, 0.2) is 0 Å². The SMILES string of the molecule is CCNc1cc(NC2CCCN(C)C2)nc(C)n1. The monoisotopic (exact) mass is 249 g/mol. The Hall–Kier alpha value is -1.36. The van der Waals surface area contributed by atoms with E-state index in [1.807, 2.05) is 13.0 Å². The molecule has 0 spiro atoms. The van der Waals surface area contributed by atoms with E-state index in [0.29, 0.717) is 6.04 Å². The summed E-state index contributed by atoms with van der Waals surface area (Å²) < 4.78 is 0. The highest BCUT2D eigenvalue weighted by atomic mass is 15.2. The van der Waals surface area contributed by atoms with Crippen molar-refractivity contribution in [2.75, 3.05) is 37.3 Å². The molecule has 0 aliphatic carbocycles. The lowest BCUT2D eigenvalue weighted by atomic mass is 10.1. The quantitative estimate of drug-likeness (QED) is 0.851. The van der Waals surface area contributed by atoms with Gasteiger partial charge >= 0.3 is 0 Å². The first-order valence-electron chi connectivity index (χ1n) is 6.72. The molecule has 1 saturated heterocycles. The van der Waals surface area contributed by atoms with E-state index < -0.39 is 0 Å². The number of nitrogens with zero attached hydrogens (tertiary/aromatic N) is 3. The van der Waals surface area contributed by atoms with Crippen molar-refractivity contribution in [1.29, 1.82) is 0 Å². The summed E-state index contributed by atoms with van der Waals surface area (Å²) in [4.78, 5) is 11.2. The number of aromatic nitrogens is 2. The minimum Gasteiger partial charge on any atom is -0.370 e. The fourth-order valence-corrected chi connectivity index (χ4v) is 2.41. The van der Waals surface area contributed by atoms with Gasteiger partial charge in [0.05, 0.1) is 0 Å². The number of hydrogen-bond acceptors (Lipinski definition) is 5. The Balaban J connectivity index is 2.03. The molecule has 1 unspecified atom stereocenters. The third-order valence-electron chi connectivity index (χ3n) is 3.17. The molecule has 5 heteroatoms. The van der Waals surface area contributed by atoms with Crippen molar-refractivity contribution < 1.29 is 0 Å². The normalized spacial score (nSPS) is 20.7. The van der Waals surface area contributed by atoms with Gasteiger partial charge in [-0.05, 0) is 40.3 Å². The zero-order chi connectivity index (χ0) is 13.0. The van der Waals surface area contributed by atoms with Gasteiger partial charge in [-0.25, -0.2) is 9.97 Å². The maximum absolute atomic E-state index is 4.45. The Morgan fingerprint density at radius 2 is 2.17 bits per heavy atom. The highest BCUT2D eigenvalue weighted by Gasteiger charge is 2.17. The summed E-state index contributed by atoms with van der Waals surface area (Å²) in [5.74, 6) is 2.63. The molecule has 0 amide bonds. The Morgan fingerprint density at radius 3 is 2.89 bits per heavy atom. The molecule has 100 valence electrons. The van der Waals surface area contributed by atoms with E-state index >= 15 is 0 Å². The van der Waals surface area contributed by atoms with Crippen molar-refractivity contribution in [3.63, 3.8) is 0 Å². The smallest absolute Gasteiger partial charge is 0.132 e. The van der Waals surface area contributed by atoms with Crippen molar-refractivity contribution in [3.8, 4) is 0 Å². The third-order valence-corrected chi connectivity index (χ3v) is 3.17. The number of likely N-dealkylation sites (tertiary alicyclic amines) is 1. The average Bonchev–Trinajstić information content (AvgIpc) is 2.28. The minimum absolute atomic E-state index is 0.493. The van der Waals surface area contributed by atoms with E-state index in [9.17, 15) is 0 Å². The Kier molecular flexibility index (Phi) is 4.36. The summed E-state index contributed by atoms with van der Waals surface area (Å²) >= 11 is 0. The third kappa shape index (κ3) is 3.57. The predicted molar refractivity (Wildman–Crippen MR) is 75.1 cm³/mol. The lowest BCUT2D eigenvalue weighted by Gasteiger charge is -2.30. The van der Waals surface area contributed by atoms with E-state index in [1.54, 1.807) is 0 Å². The molecule has 1 aliphatic heterocycles.